The minimum Gasteiger partial charge on any atom is -0.497 e. The van der Waals surface area contributed by atoms with E-state index in [1.807, 2.05) is 24.3 Å². The lowest BCUT2D eigenvalue weighted by Gasteiger charge is -2.08. The molecule has 0 bridgehead atoms. The fourth-order valence-corrected chi connectivity index (χ4v) is 3.58. The summed E-state index contributed by atoms with van der Waals surface area (Å²) in [7, 11) is -2.04. The van der Waals surface area contributed by atoms with Crippen LogP contribution >= 0.6 is 0 Å². The van der Waals surface area contributed by atoms with Crippen LogP contribution in [-0.4, -0.2) is 25.5 Å². The van der Waals surface area contributed by atoms with Gasteiger partial charge in [0, 0.05) is 5.56 Å². The summed E-state index contributed by atoms with van der Waals surface area (Å²) < 4.78 is 45.3. The van der Waals surface area contributed by atoms with Crippen LogP contribution in [0, 0.1) is 5.82 Å². The normalized spacial score (nSPS) is 11.3. The first-order chi connectivity index (χ1) is 12.9. The van der Waals surface area contributed by atoms with E-state index in [9.17, 15) is 12.8 Å². The van der Waals surface area contributed by atoms with E-state index in [1.54, 1.807) is 19.2 Å². The quantitative estimate of drug-likeness (QED) is 0.674. The second kappa shape index (κ2) is 8.24. The fourth-order valence-electron chi connectivity index (χ4n) is 2.49. The predicted octanol–water partition coefficient (Wildman–Crippen LogP) is 2.91. The Morgan fingerprint density at radius 2 is 1.85 bits per heavy atom. The zero-order valence-electron chi connectivity index (χ0n) is 14.6. The molecule has 1 aromatic heterocycles. The first-order valence-electron chi connectivity index (χ1n) is 8.12. The van der Waals surface area contributed by atoms with Gasteiger partial charge in [0.25, 0.3) is 0 Å². The van der Waals surface area contributed by atoms with E-state index in [4.69, 9.17) is 4.74 Å². The molecule has 0 aliphatic heterocycles. The van der Waals surface area contributed by atoms with E-state index >= 15 is 0 Å². The van der Waals surface area contributed by atoms with Crippen LogP contribution in [0.25, 0.3) is 11.3 Å². The van der Waals surface area contributed by atoms with Crippen LogP contribution in [0.1, 0.15) is 11.3 Å². The number of halogens is 1. The van der Waals surface area contributed by atoms with Crippen LogP contribution in [0.4, 0.5) is 4.39 Å². The minimum absolute atomic E-state index is 0.0172. The molecule has 140 valence electrons. The van der Waals surface area contributed by atoms with Crippen molar-refractivity contribution in [3.05, 3.63) is 78.0 Å². The predicted molar refractivity (Wildman–Crippen MR) is 99.9 cm³/mol. The molecule has 0 aliphatic rings. The molecule has 8 heteroatoms. The second-order valence-electron chi connectivity index (χ2n) is 5.83. The van der Waals surface area contributed by atoms with Gasteiger partial charge in [-0.3, -0.25) is 0 Å². The smallest absolute Gasteiger partial charge is 0.216 e. The van der Waals surface area contributed by atoms with Crippen LogP contribution in [0.5, 0.6) is 5.75 Å². The highest BCUT2D eigenvalue weighted by molar-refractivity contribution is 7.88. The zero-order valence-corrected chi connectivity index (χ0v) is 15.4. The molecule has 2 aromatic carbocycles. The molecular weight excluding hydrogens is 369 g/mol. The van der Waals surface area contributed by atoms with Crippen LogP contribution in [-0.2, 0) is 22.3 Å². The van der Waals surface area contributed by atoms with Crippen molar-refractivity contribution in [2.45, 2.75) is 12.3 Å². The third-order valence-electron chi connectivity index (χ3n) is 3.83. The Labute approximate surface area is 157 Å². The second-order valence-corrected chi connectivity index (χ2v) is 7.64. The average molecular weight is 387 g/mol. The summed E-state index contributed by atoms with van der Waals surface area (Å²) in [5.74, 6) is -0.0398. The van der Waals surface area contributed by atoms with Crippen LogP contribution in [0.2, 0.25) is 0 Å². The molecule has 3 rings (SSSR count). The van der Waals surface area contributed by atoms with Crippen molar-refractivity contribution in [1.82, 2.24) is 14.7 Å². The van der Waals surface area contributed by atoms with E-state index in [0.29, 0.717) is 17.0 Å². The van der Waals surface area contributed by atoms with Gasteiger partial charge in [-0.05, 0) is 48.0 Å². The SMILES string of the molecule is COc1ccc(-c2cc(CNS(=O)(=O)Cc3cccc(F)c3)ncn2)cc1. The lowest BCUT2D eigenvalue weighted by Crippen LogP contribution is -2.25. The number of ether oxygens (including phenoxy) is 1. The van der Waals surface area contributed by atoms with Gasteiger partial charge in [0.15, 0.2) is 0 Å². The zero-order chi connectivity index (χ0) is 19.3. The lowest BCUT2D eigenvalue weighted by atomic mass is 10.1. The molecule has 0 saturated carbocycles. The maximum Gasteiger partial charge on any atom is 0.216 e. The van der Waals surface area contributed by atoms with Crippen LogP contribution in [0.3, 0.4) is 0 Å². The Morgan fingerprint density at radius 3 is 2.56 bits per heavy atom. The Bertz CT molecular complexity index is 1020. The topological polar surface area (TPSA) is 81.2 Å². The third kappa shape index (κ3) is 5.32. The van der Waals surface area contributed by atoms with Gasteiger partial charge in [0.2, 0.25) is 10.0 Å². The molecule has 0 aliphatic carbocycles. The number of nitrogens with one attached hydrogen (secondary N) is 1. The van der Waals surface area contributed by atoms with Crippen molar-refractivity contribution < 1.29 is 17.5 Å². The summed E-state index contributed by atoms with van der Waals surface area (Å²) in [5.41, 5.74) is 2.44. The van der Waals surface area contributed by atoms with Gasteiger partial charge in [0.1, 0.15) is 17.9 Å². The number of hydrogen-bond donors (Lipinski definition) is 1. The van der Waals surface area contributed by atoms with Crippen molar-refractivity contribution in [3.8, 4) is 17.0 Å². The van der Waals surface area contributed by atoms with E-state index in [2.05, 4.69) is 14.7 Å². The number of hydrogen-bond acceptors (Lipinski definition) is 5. The monoisotopic (exact) mass is 387 g/mol. The van der Waals surface area contributed by atoms with E-state index in [0.717, 1.165) is 11.3 Å². The lowest BCUT2D eigenvalue weighted by molar-refractivity contribution is 0.415. The maximum absolute atomic E-state index is 13.2. The molecule has 27 heavy (non-hydrogen) atoms. The number of sulfonamides is 1. The van der Waals surface area contributed by atoms with Gasteiger partial charge in [-0.15, -0.1) is 0 Å². The fraction of sp³-hybridized carbons (Fsp3) is 0.158. The highest BCUT2D eigenvalue weighted by Crippen LogP contribution is 2.20. The first kappa shape index (κ1) is 18.9. The Kier molecular flexibility index (Phi) is 5.78. The Morgan fingerprint density at radius 1 is 1.07 bits per heavy atom. The number of rotatable bonds is 7. The summed E-state index contributed by atoms with van der Waals surface area (Å²) in [6.45, 7) is 0.0172. The molecule has 0 saturated heterocycles. The summed E-state index contributed by atoms with van der Waals surface area (Å²) >= 11 is 0. The van der Waals surface area contributed by atoms with Gasteiger partial charge in [-0.1, -0.05) is 12.1 Å². The molecule has 0 radical (unpaired) electrons. The van der Waals surface area contributed by atoms with E-state index < -0.39 is 15.8 Å². The molecular formula is C19H18FN3O3S. The minimum atomic E-state index is -3.63. The molecule has 0 amide bonds. The van der Waals surface area contributed by atoms with Gasteiger partial charge in [0.05, 0.1) is 30.8 Å². The summed E-state index contributed by atoms with van der Waals surface area (Å²) in [6.07, 6.45) is 1.38. The summed E-state index contributed by atoms with van der Waals surface area (Å²) in [6, 6.07) is 14.6. The molecule has 1 N–H and O–H groups in total. The van der Waals surface area contributed by atoms with Crippen LogP contribution < -0.4 is 9.46 Å². The molecule has 1 heterocycles. The largest absolute Gasteiger partial charge is 0.497 e. The van der Waals surface area contributed by atoms with Gasteiger partial charge < -0.3 is 4.74 Å². The maximum atomic E-state index is 13.2. The van der Waals surface area contributed by atoms with Crippen molar-refractivity contribution in [3.63, 3.8) is 0 Å². The summed E-state index contributed by atoms with van der Waals surface area (Å²) in [4.78, 5) is 8.32. The standard InChI is InChI=1S/C19H18FN3O3S/c1-26-18-7-5-15(6-8-18)19-10-17(21-13-22-19)11-23-27(24,25)12-14-3-2-4-16(20)9-14/h2-10,13,23H,11-12H2,1H3. The molecule has 0 fully saturated rings. The number of methoxy groups -OCH3 is 1. The molecule has 0 unspecified atom stereocenters. The highest BCUT2D eigenvalue weighted by Gasteiger charge is 2.13. The van der Waals surface area contributed by atoms with Crippen molar-refractivity contribution in [2.24, 2.45) is 0 Å². The molecule has 6 nitrogen and oxygen atoms in total. The van der Waals surface area contributed by atoms with Crippen molar-refractivity contribution in [1.29, 1.82) is 0 Å². The summed E-state index contributed by atoms with van der Waals surface area (Å²) in [5, 5.41) is 0. The van der Waals surface area contributed by atoms with Gasteiger partial charge >= 0.3 is 0 Å². The van der Waals surface area contributed by atoms with Crippen LogP contribution in [0.15, 0.2) is 60.9 Å². The highest BCUT2D eigenvalue weighted by atomic mass is 32.2. The molecule has 0 atom stereocenters. The number of benzene rings is 2. The number of aromatic nitrogens is 2. The van der Waals surface area contributed by atoms with Crippen molar-refractivity contribution >= 4 is 10.0 Å². The van der Waals surface area contributed by atoms with Crippen molar-refractivity contribution in [2.75, 3.05) is 7.11 Å². The average Bonchev–Trinajstić information content (AvgIpc) is 2.66. The number of nitrogens with zero attached hydrogens (tertiary/aromatic N) is 2. The molecule has 0 spiro atoms. The Hall–Kier alpha value is -2.84. The van der Waals surface area contributed by atoms with E-state index in [-0.39, 0.29) is 12.3 Å². The molecule has 3 aromatic rings. The van der Waals surface area contributed by atoms with Gasteiger partial charge in [-0.25, -0.2) is 27.5 Å². The van der Waals surface area contributed by atoms with E-state index in [1.165, 1.54) is 24.5 Å². The first-order valence-corrected chi connectivity index (χ1v) is 9.77. The Balaban J connectivity index is 1.68. The third-order valence-corrected chi connectivity index (χ3v) is 5.13. The van der Waals surface area contributed by atoms with Gasteiger partial charge in [-0.2, -0.15) is 0 Å².